The minimum absolute atomic E-state index is 0.0806. The van der Waals surface area contributed by atoms with Crippen LogP contribution in [0, 0.1) is 24.0 Å². The van der Waals surface area contributed by atoms with Crippen molar-refractivity contribution in [3.8, 4) is 0 Å². The summed E-state index contributed by atoms with van der Waals surface area (Å²) >= 11 is 0. The number of nitro groups is 1. The van der Waals surface area contributed by atoms with Gasteiger partial charge in [0.15, 0.2) is 5.78 Å². The third kappa shape index (κ3) is 4.78. The van der Waals surface area contributed by atoms with Gasteiger partial charge >= 0.3 is 5.97 Å². The van der Waals surface area contributed by atoms with Crippen molar-refractivity contribution in [1.29, 1.82) is 0 Å². The Morgan fingerprint density at radius 2 is 1.71 bits per heavy atom. The Balaban J connectivity index is 1.88. The molecule has 7 nitrogen and oxygen atoms in total. The van der Waals surface area contributed by atoms with Crippen molar-refractivity contribution in [2.24, 2.45) is 0 Å². The van der Waals surface area contributed by atoms with E-state index >= 15 is 0 Å². The van der Waals surface area contributed by atoms with E-state index in [4.69, 9.17) is 4.74 Å². The van der Waals surface area contributed by atoms with E-state index in [0.29, 0.717) is 5.69 Å². The van der Waals surface area contributed by atoms with E-state index in [9.17, 15) is 19.7 Å². The zero-order valence-electron chi connectivity index (χ0n) is 17.5. The summed E-state index contributed by atoms with van der Waals surface area (Å²) in [7, 11) is 1.56. The number of nitro benzene ring substituents is 1. The van der Waals surface area contributed by atoms with Gasteiger partial charge < -0.3 is 10.1 Å². The molecule has 0 amide bonds. The maximum absolute atomic E-state index is 13.1. The first-order valence-corrected chi connectivity index (χ1v) is 9.65. The second-order valence-corrected chi connectivity index (χ2v) is 7.12. The van der Waals surface area contributed by atoms with Crippen molar-refractivity contribution in [3.05, 3.63) is 104 Å². The highest BCUT2D eigenvalue weighted by molar-refractivity contribution is 6.14. The van der Waals surface area contributed by atoms with Crippen LogP contribution in [0.2, 0.25) is 0 Å². The molecule has 0 radical (unpaired) electrons. The lowest BCUT2D eigenvalue weighted by Gasteiger charge is -2.11. The van der Waals surface area contributed by atoms with Crippen LogP contribution in [-0.4, -0.2) is 23.7 Å². The third-order valence-corrected chi connectivity index (χ3v) is 4.98. The largest absolute Gasteiger partial charge is 0.457 e. The van der Waals surface area contributed by atoms with Gasteiger partial charge in [0.1, 0.15) is 12.3 Å². The normalized spacial score (nSPS) is 10.4. The van der Waals surface area contributed by atoms with Crippen LogP contribution in [-0.2, 0) is 11.3 Å². The molecular formula is C24H22N2O5. The first-order chi connectivity index (χ1) is 14.8. The Kier molecular flexibility index (Phi) is 6.45. The van der Waals surface area contributed by atoms with E-state index in [-0.39, 0.29) is 29.0 Å². The van der Waals surface area contributed by atoms with E-state index in [1.807, 2.05) is 32.0 Å². The van der Waals surface area contributed by atoms with Crippen molar-refractivity contribution in [3.63, 3.8) is 0 Å². The molecule has 0 unspecified atom stereocenters. The molecule has 0 aromatic heterocycles. The number of ketones is 1. The number of anilines is 1. The molecule has 3 aromatic rings. The molecule has 0 aliphatic carbocycles. The zero-order valence-corrected chi connectivity index (χ0v) is 17.5. The van der Waals surface area contributed by atoms with E-state index < -0.39 is 16.7 Å². The van der Waals surface area contributed by atoms with Gasteiger partial charge in [0.25, 0.3) is 5.69 Å². The fourth-order valence-electron chi connectivity index (χ4n) is 3.23. The smallest absolute Gasteiger partial charge is 0.339 e. The monoisotopic (exact) mass is 418 g/mol. The lowest BCUT2D eigenvalue weighted by atomic mass is 9.97. The first kappa shape index (κ1) is 21.7. The fourth-order valence-corrected chi connectivity index (χ4v) is 3.23. The molecule has 0 saturated carbocycles. The number of nitrogens with one attached hydrogen (secondary N) is 1. The van der Waals surface area contributed by atoms with Crippen molar-refractivity contribution >= 4 is 23.1 Å². The summed E-state index contributed by atoms with van der Waals surface area (Å²) in [6.07, 6.45) is 0. The Morgan fingerprint density at radius 1 is 1.00 bits per heavy atom. The summed E-state index contributed by atoms with van der Waals surface area (Å²) in [5.74, 6) is -1.13. The van der Waals surface area contributed by atoms with Crippen molar-refractivity contribution in [2.75, 3.05) is 12.4 Å². The highest BCUT2D eigenvalue weighted by atomic mass is 16.6. The number of hydrogen-bond acceptors (Lipinski definition) is 6. The standard InChI is InChI=1S/C24H22N2O5/c1-15-8-9-16(2)18(12-15)14-31-24(28)20-7-5-4-6-19(20)23(27)17-10-11-21(25-3)22(13-17)26(29)30/h4-13,25H,14H2,1-3H3. The number of ether oxygens (including phenoxy) is 1. The predicted molar refractivity (Wildman–Crippen MR) is 118 cm³/mol. The third-order valence-electron chi connectivity index (χ3n) is 4.98. The van der Waals surface area contributed by atoms with Gasteiger partial charge in [-0.15, -0.1) is 0 Å². The first-order valence-electron chi connectivity index (χ1n) is 9.65. The van der Waals surface area contributed by atoms with Gasteiger partial charge in [-0.05, 0) is 43.2 Å². The highest BCUT2D eigenvalue weighted by Crippen LogP contribution is 2.27. The summed E-state index contributed by atoms with van der Waals surface area (Å²) in [6, 6.07) is 16.3. The van der Waals surface area contributed by atoms with Crippen LogP contribution in [0.1, 0.15) is 43.0 Å². The maximum atomic E-state index is 13.1. The van der Waals surface area contributed by atoms with E-state index in [0.717, 1.165) is 16.7 Å². The molecule has 0 aliphatic rings. The fraction of sp³-hybridized carbons (Fsp3) is 0.167. The van der Waals surface area contributed by atoms with Crippen LogP contribution in [0.15, 0.2) is 60.7 Å². The average molecular weight is 418 g/mol. The molecular weight excluding hydrogens is 396 g/mol. The number of rotatable bonds is 7. The zero-order chi connectivity index (χ0) is 22.5. The van der Waals surface area contributed by atoms with Crippen LogP contribution in [0.5, 0.6) is 0 Å². The van der Waals surface area contributed by atoms with Gasteiger partial charge in [0.2, 0.25) is 0 Å². The van der Waals surface area contributed by atoms with Crippen LogP contribution < -0.4 is 5.32 Å². The lowest BCUT2D eigenvalue weighted by Crippen LogP contribution is -2.13. The Labute approximate surface area is 179 Å². The topological polar surface area (TPSA) is 98.5 Å². The van der Waals surface area contributed by atoms with Gasteiger partial charge in [-0.3, -0.25) is 14.9 Å². The van der Waals surface area contributed by atoms with Crippen LogP contribution in [0.4, 0.5) is 11.4 Å². The van der Waals surface area contributed by atoms with Gasteiger partial charge in [0, 0.05) is 24.2 Å². The molecule has 0 saturated heterocycles. The molecule has 1 N–H and O–H groups in total. The average Bonchev–Trinajstić information content (AvgIpc) is 2.78. The van der Waals surface area contributed by atoms with E-state index in [1.165, 1.54) is 30.3 Å². The van der Waals surface area contributed by atoms with Crippen LogP contribution in [0.3, 0.4) is 0 Å². The summed E-state index contributed by atoms with van der Waals surface area (Å²) < 4.78 is 5.47. The minimum atomic E-state index is -0.633. The number of aryl methyl sites for hydroxylation is 2. The second-order valence-electron chi connectivity index (χ2n) is 7.12. The van der Waals surface area contributed by atoms with E-state index in [2.05, 4.69) is 5.32 Å². The van der Waals surface area contributed by atoms with Gasteiger partial charge in [0.05, 0.1) is 10.5 Å². The van der Waals surface area contributed by atoms with Gasteiger partial charge in [-0.25, -0.2) is 4.79 Å². The maximum Gasteiger partial charge on any atom is 0.339 e. The molecule has 7 heteroatoms. The molecule has 0 bridgehead atoms. The molecule has 3 rings (SSSR count). The molecule has 0 fully saturated rings. The van der Waals surface area contributed by atoms with Gasteiger partial charge in [-0.1, -0.05) is 42.0 Å². The Morgan fingerprint density at radius 3 is 2.39 bits per heavy atom. The van der Waals surface area contributed by atoms with Crippen molar-refractivity contribution < 1.29 is 19.2 Å². The number of carbonyl (C=O) groups is 2. The molecule has 3 aromatic carbocycles. The Hall–Kier alpha value is -4.00. The SMILES string of the molecule is CNc1ccc(C(=O)c2ccccc2C(=O)OCc2cc(C)ccc2C)cc1[N+](=O)[O-]. The molecule has 0 aliphatic heterocycles. The summed E-state index contributed by atoms with van der Waals surface area (Å²) in [4.78, 5) is 36.6. The Bertz CT molecular complexity index is 1170. The molecule has 0 heterocycles. The predicted octanol–water partition coefficient (Wildman–Crippen LogP) is 4.84. The quantitative estimate of drug-likeness (QED) is 0.255. The number of hydrogen-bond donors (Lipinski definition) is 1. The number of nitrogens with zero attached hydrogens (tertiary/aromatic N) is 1. The number of carbonyl (C=O) groups excluding carboxylic acids is 2. The minimum Gasteiger partial charge on any atom is -0.457 e. The molecule has 158 valence electrons. The van der Waals surface area contributed by atoms with Gasteiger partial charge in [-0.2, -0.15) is 0 Å². The van der Waals surface area contributed by atoms with Crippen molar-refractivity contribution in [2.45, 2.75) is 20.5 Å². The van der Waals surface area contributed by atoms with Crippen LogP contribution >= 0.6 is 0 Å². The lowest BCUT2D eigenvalue weighted by molar-refractivity contribution is -0.384. The molecule has 0 atom stereocenters. The second kappa shape index (κ2) is 9.21. The summed E-state index contributed by atoms with van der Waals surface area (Å²) in [5, 5.41) is 14.0. The molecule has 0 spiro atoms. The van der Waals surface area contributed by atoms with Crippen LogP contribution in [0.25, 0.3) is 0 Å². The van der Waals surface area contributed by atoms with E-state index in [1.54, 1.807) is 19.2 Å². The number of benzene rings is 3. The molecule has 31 heavy (non-hydrogen) atoms. The number of esters is 1. The van der Waals surface area contributed by atoms with Crippen molar-refractivity contribution in [1.82, 2.24) is 0 Å². The highest BCUT2D eigenvalue weighted by Gasteiger charge is 2.22. The summed E-state index contributed by atoms with van der Waals surface area (Å²) in [6.45, 7) is 3.97. The summed E-state index contributed by atoms with van der Waals surface area (Å²) in [5.41, 5.74) is 3.36.